The maximum atomic E-state index is 13.3. The molecule has 8 atom stereocenters. The lowest BCUT2D eigenvalue weighted by atomic mass is 9.61. The van der Waals surface area contributed by atoms with Gasteiger partial charge in [-0.25, -0.2) is 0 Å². The largest absolute Gasteiger partial charge is 0.448 e. The van der Waals surface area contributed by atoms with Crippen molar-refractivity contribution in [2.45, 2.75) is 89.6 Å². The van der Waals surface area contributed by atoms with Gasteiger partial charge < -0.3 is 19.7 Å². The molecule has 1 fully saturated rings. The van der Waals surface area contributed by atoms with Gasteiger partial charge in [-0.2, -0.15) is 0 Å². The van der Waals surface area contributed by atoms with Crippen LogP contribution in [0, 0.1) is 29.1 Å². The predicted octanol–water partition coefficient (Wildman–Crippen LogP) is 3.74. The van der Waals surface area contributed by atoms with Gasteiger partial charge in [0, 0.05) is 24.4 Å². The van der Waals surface area contributed by atoms with Crippen molar-refractivity contribution in [3.8, 4) is 0 Å². The number of ketones is 1. The molecule has 0 radical (unpaired) electrons. The van der Waals surface area contributed by atoms with E-state index in [-0.39, 0.29) is 17.6 Å². The van der Waals surface area contributed by atoms with Crippen molar-refractivity contribution in [2.24, 2.45) is 29.1 Å². The first-order valence-corrected chi connectivity index (χ1v) is 11.6. The molecule has 1 saturated heterocycles. The van der Waals surface area contributed by atoms with Crippen molar-refractivity contribution in [3.63, 3.8) is 0 Å². The van der Waals surface area contributed by atoms with Crippen molar-refractivity contribution in [3.05, 3.63) is 0 Å². The molecule has 170 valence electrons. The highest BCUT2D eigenvalue weighted by atomic mass is 127. The number of carbonyl (C=O) groups excluding carboxylic acids is 2. The van der Waals surface area contributed by atoms with E-state index in [4.69, 9.17) is 9.47 Å². The molecule has 0 aliphatic carbocycles. The second-order valence-electron chi connectivity index (χ2n) is 9.94. The molecular formula is C22H39IO6. The Morgan fingerprint density at radius 3 is 2.10 bits per heavy atom. The molecular weight excluding hydrogens is 487 g/mol. The number of halogens is 1. The average molecular weight is 526 g/mol. The third kappa shape index (κ3) is 5.33. The minimum Gasteiger partial charge on any atom is -0.448 e. The van der Waals surface area contributed by atoms with E-state index in [0.717, 1.165) is 0 Å². The van der Waals surface area contributed by atoms with Gasteiger partial charge in [0.25, 0.3) is 0 Å². The number of hydrogen-bond donors (Lipinski definition) is 2. The third-order valence-corrected chi connectivity index (χ3v) is 8.93. The van der Waals surface area contributed by atoms with E-state index < -0.39 is 44.6 Å². The summed E-state index contributed by atoms with van der Waals surface area (Å²) >= 11 is 1.81. The molecule has 6 nitrogen and oxygen atoms in total. The Morgan fingerprint density at radius 1 is 1.10 bits per heavy atom. The minimum absolute atomic E-state index is 0.154. The molecule has 0 spiro atoms. The lowest BCUT2D eigenvalue weighted by molar-refractivity contribution is -0.176. The highest BCUT2D eigenvalue weighted by molar-refractivity contribution is 14.1. The Labute approximate surface area is 189 Å². The van der Waals surface area contributed by atoms with Crippen LogP contribution in [0.15, 0.2) is 0 Å². The molecule has 29 heavy (non-hydrogen) atoms. The lowest BCUT2D eigenvalue weighted by Crippen LogP contribution is -2.56. The second-order valence-corrected chi connectivity index (χ2v) is 11.1. The number of esters is 1. The number of aliphatic hydroxyl groups excluding tert-OH is 1. The molecule has 2 N–H and O–H groups in total. The van der Waals surface area contributed by atoms with E-state index in [2.05, 4.69) is 6.92 Å². The SMILES string of the molecule is CO[C@@]1(C)C[C@@H](C)C[C@@H](C)C(=O)O[C@H](I)[C@@](C)(O)[C@H](O)[C@@H](C)C(=O)[C@H](C)C1(C)C. The molecule has 0 unspecified atom stereocenters. The molecule has 1 heterocycles. The highest BCUT2D eigenvalue weighted by Gasteiger charge is 2.52. The zero-order valence-corrected chi connectivity index (χ0v) is 21.4. The van der Waals surface area contributed by atoms with Crippen LogP contribution in [0.4, 0.5) is 0 Å². The number of carbonyl (C=O) groups is 2. The van der Waals surface area contributed by atoms with Crippen LogP contribution in [0.2, 0.25) is 0 Å². The van der Waals surface area contributed by atoms with E-state index >= 15 is 0 Å². The van der Waals surface area contributed by atoms with Gasteiger partial charge in [-0.3, -0.25) is 9.59 Å². The van der Waals surface area contributed by atoms with Crippen molar-refractivity contribution in [1.82, 2.24) is 0 Å². The van der Waals surface area contributed by atoms with Crippen molar-refractivity contribution < 1.29 is 29.3 Å². The molecule has 0 aromatic carbocycles. The zero-order valence-electron chi connectivity index (χ0n) is 19.3. The Bertz CT molecular complexity index is 604. The third-order valence-electron chi connectivity index (χ3n) is 7.42. The number of cyclic esters (lactones) is 1. The van der Waals surface area contributed by atoms with Crippen LogP contribution in [0.1, 0.15) is 68.2 Å². The predicted molar refractivity (Wildman–Crippen MR) is 121 cm³/mol. The Morgan fingerprint density at radius 2 is 1.62 bits per heavy atom. The molecule has 0 saturated carbocycles. The molecule has 0 bridgehead atoms. The Kier molecular flexibility index (Phi) is 8.76. The summed E-state index contributed by atoms with van der Waals surface area (Å²) in [6.07, 6.45) is -0.108. The summed E-state index contributed by atoms with van der Waals surface area (Å²) in [5, 5.41) is 21.7. The normalized spacial score (nSPS) is 45.4. The fourth-order valence-corrected chi connectivity index (χ4v) is 5.02. The van der Waals surface area contributed by atoms with Gasteiger partial charge >= 0.3 is 5.97 Å². The van der Waals surface area contributed by atoms with E-state index in [1.54, 1.807) is 14.0 Å². The van der Waals surface area contributed by atoms with Gasteiger partial charge in [0.05, 0.1) is 17.6 Å². The van der Waals surface area contributed by atoms with Crippen LogP contribution in [-0.2, 0) is 19.1 Å². The summed E-state index contributed by atoms with van der Waals surface area (Å²) in [5.41, 5.74) is -2.92. The van der Waals surface area contributed by atoms with Crippen LogP contribution < -0.4 is 0 Å². The summed E-state index contributed by atoms with van der Waals surface area (Å²) in [5.74, 6) is -2.04. The lowest BCUT2D eigenvalue weighted by Gasteiger charge is -2.49. The molecule has 0 aromatic rings. The molecule has 0 amide bonds. The number of Topliss-reactive ketones (excluding diaryl/α,β-unsaturated/α-hetero) is 1. The average Bonchev–Trinajstić information content (AvgIpc) is 2.63. The van der Waals surface area contributed by atoms with Gasteiger partial charge in [0.1, 0.15) is 11.4 Å². The number of ether oxygens (including phenoxy) is 2. The maximum absolute atomic E-state index is 13.3. The van der Waals surface area contributed by atoms with Crippen LogP contribution >= 0.6 is 22.6 Å². The quantitative estimate of drug-likeness (QED) is 0.307. The number of aliphatic hydroxyl groups is 2. The van der Waals surface area contributed by atoms with E-state index in [1.807, 2.05) is 57.2 Å². The topological polar surface area (TPSA) is 93.1 Å². The number of hydrogen-bond acceptors (Lipinski definition) is 6. The summed E-state index contributed by atoms with van der Waals surface area (Å²) in [6, 6.07) is 0. The molecule has 7 heteroatoms. The fraction of sp³-hybridized carbons (Fsp3) is 0.909. The standard InChI is InChI=1S/C22H39IO6/c1-12-10-13(2)18(26)29-19(23)22(8,27)17(25)14(3)16(24)15(4)20(5,6)21(7,11-12)28-9/h12-15,17,19,25,27H,10-11H2,1-9H3/t12-,13+,14-,15-,17+,19-,21-,22-/m0/s1. The van der Waals surface area contributed by atoms with Crippen molar-refractivity contribution in [1.29, 1.82) is 0 Å². The van der Waals surface area contributed by atoms with Crippen molar-refractivity contribution in [2.75, 3.05) is 7.11 Å². The van der Waals surface area contributed by atoms with E-state index in [0.29, 0.717) is 12.8 Å². The molecule has 1 aliphatic heterocycles. The monoisotopic (exact) mass is 526 g/mol. The van der Waals surface area contributed by atoms with Crippen LogP contribution in [0.5, 0.6) is 0 Å². The fourth-order valence-electron chi connectivity index (χ4n) is 4.40. The first kappa shape index (κ1) is 26.8. The van der Waals surface area contributed by atoms with Crippen molar-refractivity contribution >= 4 is 34.3 Å². The van der Waals surface area contributed by atoms with Crippen LogP contribution in [-0.4, -0.2) is 50.5 Å². The second kappa shape index (κ2) is 9.49. The Balaban J connectivity index is 3.46. The smallest absolute Gasteiger partial charge is 0.309 e. The molecule has 1 rings (SSSR count). The summed E-state index contributed by atoms with van der Waals surface area (Å²) in [6.45, 7) is 14.8. The van der Waals surface area contributed by atoms with Gasteiger partial charge in [0.2, 0.25) is 0 Å². The van der Waals surface area contributed by atoms with Gasteiger partial charge in [-0.05, 0) is 55.2 Å². The molecule has 1 aliphatic rings. The van der Waals surface area contributed by atoms with Gasteiger partial charge in [-0.1, -0.05) is 41.5 Å². The van der Waals surface area contributed by atoms with Crippen LogP contribution in [0.25, 0.3) is 0 Å². The Hall–Kier alpha value is -0.250. The number of rotatable bonds is 1. The highest BCUT2D eigenvalue weighted by Crippen LogP contribution is 2.46. The summed E-state index contributed by atoms with van der Waals surface area (Å²) in [4.78, 5) is 25.9. The minimum atomic E-state index is -1.77. The number of alkyl halides is 1. The van der Waals surface area contributed by atoms with E-state index in [1.165, 1.54) is 6.92 Å². The zero-order chi connectivity index (χ0) is 22.9. The van der Waals surface area contributed by atoms with E-state index in [9.17, 15) is 19.8 Å². The summed E-state index contributed by atoms with van der Waals surface area (Å²) in [7, 11) is 1.65. The maximum Gasteiger partial charge on any atom is 0.309 e. The molecule has 0 aromatic heterocycles. The first-order chi connectivity index (χ1) is 13.0. The summed E-state index contributed by atoms with van der Waals surface area (Å²) < 4.78 is 10.4. The first-order valence-electron chi connectivity index (χ1n) is 10.4. The van der Waals surface area contributed by atoms with Crippen LogP contribution in [0.3, 0.4) is 0 Å². The van der Waals surface area contributed by atoms with Gasteiger partial charge in [-0.15, -0.1) is 0 Å². The number of methoxy groups -OCH3 is 1. The van der Waals surface area contributed by atoms with Gasteiger partial charge in [0.15, 0.2) is 4.11 Å².